The zero-order valence-corrected chi connectivity index (χ0v) is 10.6. The molecule has 1 fully saturated rings. The van der Waals surface area contributed by atoms with Crippen LogP contribution in [0.2, 0.25) is 0 Å². The van der Waals surface area contributed by atoms with Gasteiger partial charge in [0, 0.05) is 13.1 Å². The molecule has 2 amide bonds. The van der Waals surface area contributed by atoms with E-state index >= 15 is 0 Å². The molecule has 0 spiro atoms. The lowest BCUT2D eigenvalue weighted by Gasteiger charge is -2.37. The Kier molecular flexibility index (Phi) is 3.30. The fourth-order valence-corrected chi connectivity index (χ4v) is 2.22. The Morgan fingerprint density at radius 3 is 2.55 bits per heavy atom. The molecule has 20 heavy (non-hydrogen) atoms. The molecule has 0 saturated carbocycles. The normalized spacial score (nSPS) is 14.9. The number of hydrogen-bond acceptors (Lipinski definition) is 5. The lowest BCUT2D eigenvalue weighted by molar-refractivity contribution is -0.385. The van der Waals surface area contributed by atoms with E-state index in [0.717, 1.165) is 4.90 Å². The van der Waals surface area contributed by atoms with Crippen LogP contribution in [0.25, 0.3) is 0 Å². The molecule has 2 heterocycles. The third-order valence-corrected chi connectivity index (χ3v) is 3.21. The molecule has 0 aromatic carbocycles. The first kappa shape index (κ1) is 13.8. The summed E-state index contributed by atoms with van der Waals surface area (Å²) in [5.74, 6) is -0.973. The number of carbonyl (C=O) groups excluding carboxylic acids is 1. The summed E-state index contributed by atoms with van der Waals surface area (Å²) in [5.41, 5.74) is 4.59. The van der Waals surface area contributed by atoms with E-state index in [2.05, 4.69) is 5.10 Å². The maximum absolute atomic E-state index is 11.2. The number of amides is 2. The van der Waals surface area contributed by atoms with Gasteiger partial charge in [0.2, 0.25) is 5.69 Å². The first-order valence-electron chi connectivity index (χ1n) is 5.90. The van der Waals surface area contributed by atoms with Crippen molar-refractivity contribution < 1.29 is 19.6 Å². The molecule has 2 rings (SSSR count). The third kappa shape index (κ3) is 2.04. The second-order valence-electron chi connectivity index (χ2n) is 4.40. The Labute approximate surface area is 112 Å². The van der Waals surface area contributed by atoms with Crippen LogP contribution in [0.5, 0.6) is 0 Å². The van der Waals surface area contributed by atoms with E-state index in [0.29, 0.717) is 6.42 Å². The Balaban J connectivity index is 2.40. The Bertz CT molecular complexity index is 589. The fourth-order valence-electron chi connectivity index (χ4n) is 2.22. The van der Waals surface area contributed by atoms with Gasteiger partial charge in [0.05, 0.1) is 11.0 Å². The number of nitrogens with two attached hydrogens (primary N) is 1. The molecule has 1 aliphatic heterocycles. The number of rotatable bonds is 4. The highest BCUT2D eigenvalue weighted by Gasteiger charge is 2.38. The van der Waals surface area contributed by atoms with E-state index in [9.17, 15) is 19.7 Å². The lowest BCUT2D eigenvalue weighted by atomic mass is 10.1. The number of aromatic nitrogens is 2. The number of hydrogen-bond donors (Lipinski definition) is 2. The van der Waals surface area contributed by atoms with Gasteiger partial charge >= 0.3 is 11.8 Å². The summed E-state index contributed by atoms with van der Waals surface area (Å²) in [7, 11) is 0. The first-order chi connectivity index (χ1) is 9.36. The largest absolute Gasteiger partial charge is 0.465 e. The molecule has 0 aliphatic carbocycles. The molecule has 10 nitrogen and oxygen atoms in total. The van der Waals surface area contributed by atoms with Crippen molar-refractivity contribution in [3.63, 3.8) is 0 Å². The highest BCUT2D eigenvalue weighted by Crippen LogP contribution is 2.30. The average molecular weight is 283 g/mol. The van der Waals surface area contributed by atoms with Gasteiger partial charge in [0.1, 0.15) is 5.69 Å². The summed E-state index contributed by atoms with van der Waals surface area (Å²) in [6.45, 7) is 2.05. The zero-order chi connectivity index (χ0) is 15.0. The van der Waals surface area contributed by atoms with Gasteiger partial charge in [-0.2, -0.15) is 5.10 Å². The van der Waals surface area contributed by atoms with E-state index < -0.39 is 22.6 Å². The number of nitro groups is 1. The van der Waals surface area contributed by atoms with Gasteiger partial charge in [-0.25, -0.2) is 4.79 Å². The number of carbonyl (C=O) groups is 2. The SMILES string of the molecule is CCc1c([N+](=O)[O-])c(C(N)=O)nn1C1CN(C(=O)O)C1. The highest BCUT2D eigenvalue weighted by molar-refractivity contribution is 5.95. The predicted octanol–water partition coefficient (Wildman–Crippen LogP) is -0.0127. The van der Waals surface area contributed by atoms with Crippen LogP contribution in [0, 0.1) is 10.1 Å². The minimum Gasteiger partial charge on any atom is -0.465 e. The monoisotopic (exact) mass is 283 g/mol. The van der Waals surface area contributed by atoms with Gasteiger partial charge in [-0.05, 0) is 6.42 Å². The first-order valence-corrected chi connectivity index (χ1v) is 5.90. The molecular weight excluding hydrogens is 270 g/mol. The van der Waals surface area contributed by atoms with Crippen LogP contribution >= 0.6 is 0 Å². The van der Waals surface area contributed by atoms with E-state index in [1.807, 2.05) is 0 Å². The topological polar surface area (TPSA) is 145 Å². The summed E-state index contributed by atoms with van der Waals surface area (Å²) in [5, 5.41) is 23.7. The molecule has 10 heteroatoms. The highest BCUT2D eigenvalue weighted by atomic mass is 16.6. The van der Waals surface area contributed by atoms with Gasteiger partial charge in [-0.15, -0.1) is 0 Å². The van der Waals surface area contributed by atoms with Crippen molar-refractivity contribution in [2.75, 3.05) is 13.1 Å². The molecule has 1 saturated heterocycles. The van der Waals surface area contributed by atoms with Crippen LogP contribution < -0.4 is 5.73 Å². The van der Waals surface area contributed by atoms with E-state index in [1.165, 1.54) is 4.68 Å². The number of carboxylic acid groups (broad SMARTS) is 1. The number of primary amides is 1. The van der Waals surface area contributed by atoms with Crippen molar-refractivity contribution in [3.05, 3.63) is 21.5 Å². The molecule has 0 atom stereocenters. The van der Waals surface area contributed by atoms with E-state index in [1.54, 1.807) is 6.92 Å². The molecule has 1 aliphatic rings. The van der Waals surface area contributed by atoms with Gasteiger partial charge in [-0.3, -0.25) is 19.6 Å². The summed E-state index contributed by atoms with van der Waals surface area (Å²) < 4.78 is 1.34. The fraction of sp³-hybridized carbons (Fsp3) is 0.500. The second-order valence-corrected chi connectivity index (χ2v) is 4.40. The van der Waals surface area contributed by atoms with Gasteiger partial charge in [0.25, 0.3) is 5.91 Å². The average Bonchev–Trinajstić information content (AvgIpc) is 2.65. The van der Waals surface area contributed by atoms with Gasteiger partial charge in [0.15, 0.2) is 0 Å². The van der Waals surface area contributed by atoms with Crippen LogP contribution in [0.15, 0.2) is 0 Å². The molecule has 108 valence electrons. The van der Waals surface area contributed by atoms with Gasteiger partial charge in [-0.1, -0.05) is 6.92 Å². The maximum atomic E-state index is 11.2. The maximum Gasteiger partial charge on any atom is 0.407 e. The quantitative estimate of drug-likeness (QED) is 0.587. The Morgan fingerprint density at radius 1 is 1.55 bits per heavy atom. The lowest BCUT2D eigenvalue weighted by Crippen LogP contribution is -2.50. The van der Waals surface area contributed by atoms with Crippen LogP contribution in [0.3, 0.4) is 0 Å². The van der Waals surface area contributed by atoms with Crippen molar-refractivity contribution in [3.8, 4) is 0 Å². The molecule has 1 aromatic rings. The van der Waals surface area contributed by atoms with Crippen LogP contribution in [-0.2, 0) is 6.42 Å². The molecular formula is C10H13N5O5. The summed E-state index contributed by atoms with van der Waals surface area (Å²) in [6.07, 6.45) is -0.767. The minimum absolute atomic E-state index is 0.180. The molecule has 0 unspecified atom stereocenters. The van der Waals surface area contributed by atoms with Crippen molar-refractivity contribution >= 4 is 17.7 Å². The van der Waals surface area contributed by atoms with E-state index in [4.69, 9.17) is 10.8 Å². The van der Waals surface area contributed by atoms with Crippen molar-refractivity contribution in [2.45, 2.75) is 19.4 Å². The van der Waals surface area contributed by atoms with Crippen molar-refractivity contribution in [2.24, 2.45) is 5.73 Å². The van der Waals surface area contributed by atoms with Crippen LogP contribution in [0.4, 0.5) is 10.5 Å². The minimum atomic E-state index is -1.06. The summed E-state index contributed by atoms with van der Waals surface area (Å²) in [6, 6.07) is -0.312. The van der Waals surface area contributed by atoms with Crippen molar-refractivity contribution in [1.82, 2.24) is 14.7 Å². The second kappa shape index (κ2) is 4.79. The molecule has 0 radical (unpaired) electrons. The predicted molar refractivity (Wildman–Crippen MR) is 65.4 cm³/mol. The van der Waals surface area contributed by atoms with Crippen LogP contribution in [-0.4, -0.2) is 49.8 Å². The summed E-state index contributed by atoms with van der Waals surface area (Å²) in [4.78, 5) is 33.5. The third-order valence-electron chi connectivity index (χ3n) is 3.21. The Hall–Kier alpha value is -2.65. The zero-order valence-electron chi connectivity index (χ0n) is 10.6. The number of likely N-dealkylation sites (tertiary alicyclic amines) is 1. The van der Waals surface area contributed by atoms with Crippen molar-refractivity contribution in [1.29, 1.82) is 0 Å². The smallest absolute Gasteiger partial charge is 0.407 e. The molecule has 1 aromatic heterocycles. The number of nitrogens with zero attached hydrogens (tertiary/aromatic N) is 4. The standard InChI is InChI=1S/C10H13N5O5/c1-2-6-8(15(19)20)7(9(11)16)12-14(6)5-3-13(4-5)10(17)18/h5H,2-4H2,1H3,(H2,11,16)(H,17,18). The molecule has 0 bridgehead atoms. The van der Waals surface area contributed by atoms with E-state index in [-0.39, 0.29) is 30.5 Å². The Morgan fingerprint density at radius 2 is 2.15 bits per heavy atom. The summed E-state index contributed by atoms with van der Waals surface area (Å²) >= 11 is 0. The van der Waals surface area contributed by atoms with Gasteiger partial charge < -0.3 is 15.7 Å². The molecule has 3 N–H and O–H groups in total. The van der Waals surface area contributed by atoms with Crippen LogP contribution in [0.1, 0.15) is 29.1 Å².